The number of benzene rings is 2. The third-order valence-electron chi connectivity index (χ3n) is 3.05. The Balaban J connectivity index is 2.69. The number of aromatic hydroxyl groups is 1. The van der Waals surface area contributed by atoms with Crippen molar-refractivity contribution in [3.05, 3.63) is 18.2 Å². The highest BCUT2D eigenvalue weighted by molar-refractivity contribution is 7.94. The lowest BCUT2D eigenvalue weighted by Gasteiger charge is -2.11. The Morgan fingerprint density at radius 2 is 2.00 bits per heavy atom. The lowest BCUT2D eigenvalue weighted by molar-refractivity contribution is -0.432. The number of nitrogens with two attached hydrogens (primary N) is 1. The van der Waals surface area contributed by atoms with Crippen LogP contribution in [0.15, 0.2) is 48.4 Å². The fourth-order valence-electron chi connectivity index (χ4n) is 2.02. The van der Waals surface area contributed by atoms with E-state index in [-0.39, 0.29) is 33.7 Å². The van der Waals surface area contributed by atoms with Crippen LogP contribution in [-0.2, 0) is 19.5 Å². The van der Waals surface area contributed by atoms with Crippen LogP contribution in [0.4, 0.5) is 11.4 Å². The molecule has 2 rings (SSSR count). The summed E-state index contributed by atoms with van der Waals surface area (Å²) in [5.41, 5.74) is 5.30. The molecule has 0 amide bonds. The van der Waals surface area contributed by atoms with E-state index in [2.05, 4.69) is 29.8 Å². The van der Waals surface area contributed by atoms with Gasteiger partial charge in [0.05, 0.1) is 22.6 Å². The molecule has 0 saturated carbocycles. The molecule has 0 atom stereocenters. The van der Waals surface area contributed by atoms with E-state index in [0.717, 1.165) is 12.1 Å². The molecule has 0 radical (unpaired) electrons. The van der Waals surface area contributed by atoms with Crippen LogP contribution in [0.5, 0.6) is 5.75 Å². The number of nitrogen functional groups attached to an aromatic ring is 1. The zero-order valence-corrected chi connectivity index (χ0v) is 14.7. The summed E-state index contributed by atoms with van der Waals surface area (Å²) in [7, 11) is -3.12. The zero-order valence-electron chi connectivity index (χ0n) is 13.1. The molecule has 0 bridgehead atoms. The third kappa shape index (κ3) is 4.43. The molecular weight excluding hydrogens is 390 g/mol. The maximum Gasteiger partial charge on any atom is 0.296 e. The standard InChI is InChI=1S/C12H13N5O7S2/c1-14-15-5-16-17-11-9(25-24-23-19)2-6-3-10(26(20,21)22)8(13)4-7(6)12(11)18/h2-4,18-19H,5,13H2,1H3,(H,20,21,22). The van der Waals surface area contributed by atoms with E-state index >= 15 is 0 Å². The lowest BCUT2D eigenvalue weighted by Crippen LogP contribution is -2.03. The molecule has 0 aliphatic carbocycles. The molecule has 0 spiro atoms. The van der Waals surface area contributed by atoms with Crippen LogP contribution >= 0.6 is 12.0 Å². The average molecular weight is 403 g/mol. The van der Waals surface area contributed by atoms with Crippen molar-refractivity contribution in [3.8, 4) is 5.75 Å². The van der Waals surface area contributed by atoms with Gasteiger partial charge in [0.2, 0.25) is 0 Å². The van der Waals surface area contributed by atoms with Gasteiger partial charge >= 0.3 is 0 Å². The molecule has 0 aromatic heterocycles. The predicted octanol–water partition coefficient (Wildman–Crippen LogP) is 2.93. The first kappa shape index (κ1) is 20.0. The molecule has 12 nitrogen and oxygen atoms in total. The molecule has 0 heterocycles. The summed E-state index contributed by atoms with van der Waals surface area (Å²) in [5.74, 6) is -0.391. The molecule has 2 aromatic rings. The van der Waals surface area contributed by atoms with Crippen LogP contribution in [-0.4, -0.2) is 37.1 Å². The molecule has 0 fully saturated rings. The van der Waals surface area contributed by atoms with Crippen molar-refractivity contribution < 1.29 is 32.7 Å². The summed E-state index contributed by atoms with van der Waals surface area (Å²) in [6.07, 6.45) is 0. The van der Waals surface area contributed by atoms with E-state index in [1.54, 1.807) is 0 Å². The molecule has 2 aromatic carbocycles. The quantitative estimate of drug-likeness (QED) is 0.134. The summed E-state index contributed by atoms with van der Waals surface area (Å²) < 4.78 is 36.3. The van der Waals surface area contributed by atoms with E-state index in [0.29, 0.717) is 12.0 Å². The minimum absolute atomic E-state index is 0.0649. The summed E-state index contributed by atoms with van der Waals surface area (Å²) in [6, 6.07) is 3.59. The number of hydrogen-bond acceptors (Lipinski definition) is 12. The van der Waals surface area contributed by atoms with Crippen LogP contribution in [0.25, 0.3) is 10.8 Å². The second-order valence-electron chi connectivity index (χ2n) is 4.61. The highest BCUT2D eigenvalue weighted by Crippen LogP contribution is 2.44. The first-order valence-corrected chi connectivity index (χ1v) is 8.82. The Bertz CT molecular complexity index is 978. The Morgan fingerprint density at radius 1 is 1.27 bits per heavy atom. The van der Waals surface area contributed by atoms with E-state index < -0.39 is 20.8 Å². The van der Waals surface area contributed by atoms with Gasteiger partial charge in [-0.15, -0.1) is 9.45 Å². The molecule has 5 N–H and O–H groups in total. The summed E-state index contributed by atoms with van der Waals surface area (Å²) in [5, 5.41) is 37.2. The second kappa shape index (κ2) is 8.35. The number of fused-ring (bicyclic) bond motifs is 1. The van der Waals surface area contributed by atoms with Crippen molar-refractivity contribution in [3.63, 3.8) is 0 Å². The Labute approximate surface area is 151 Å². The van der Waals surface area contributed by atoms with Crippen molar-refractivity contribution >= 4 is 44.3 Å². The van der Waals surface area contributed by atoms with Crippen LogP contribution in [0.2, 0.25) is 0 Å². The van der Waals surface area contributed by atoms with E-state index in [9.17, 15) is 18.1 Å². The summed E-state index contributed by atoms with van der Waals surface area (Å²) in [4.78, 5) is -0.412. The van der Waals surface area contributed by atoms with Gasteiger partial charge in [-0.05, 0) is 23.6 Å². The van der Waals surface area contributed by atoms with Gasteiger partial charge in [0.15, 0.2) is 12.4 Å². The first-order chi connectivity index (χ1) is 12.3. The van der Waals surface area contributed by atoms with Crippen molar-refractivity contribution in [1.29, 1.82) is 0 Å². The van der Waals surface area contributed by atoms with Crippen LogP contribution < -0.4 is 5.73 Å². The fourth-order valence-corrected chi connectivity index (χ4v) is 3.15. The highest BCUT2D eigenvalue weighted by Gasteiger charge is 2.20. The number of azo groups is 2. The molecular formula is C12H13N5O7S2. The minimum atomic E-state index is -4.57. The SMILES string of the molecule is CN=NCN=Nc1c(SOOO)cc2cc(S(=O)(=O)O)c(N)cc2c1O. The summed E-state index contributed by atoms with van der Waals surface area (Å²) >= 11 is 0.474. The van der Waals surface area contributed by atoms with Gasteiger partial charge in [-0.3, -0.25) is 4.55 Å². The normalized spacial score (nSPS) is 12.6. The second-order valence-corrected chi connectivity index (χ2v) is 6.74. The Hall–Kier alpha value is -2.36. The highest BCUT2D eigenvalue weighted by atomic mass is 32.2. The summed E-state index contributed by atoms with van der Waals surface area (Å²) in [6.45, 7) is -0.0979. The zero-order chi connectivity index (χ0) is 19.3. The maximum atomic E-state index is 11.4. The number of phenols is 1. The molecule has 0 aliphatic rings. The maximum absolute atomic E-state index is 11.4. The number of phenolic OH excluding ortho intramolecular Hbond substituents is 1. The van der Waals surface area contributed by atoms with Crippen molar-refractivity contribution in [2.45, 2.75) is 9.79 Å². The van der Waals surface area contributed by atoms with Crippen molar-refractivity contribution in [1.82, 2.24) is 0 Å². The third-order valence-corrected chi connectivity index (χ3v) is 4.58. The minimum Gasteiger partial charge on any atom is -0.505 e. The smallest absolute Gasteiger partial charge is 0.296 e. The van der Waals surface area contributed by atoms with Gasteiger partial charge in [0.25, 0.3) is 10.1 Å². The largest absolute Gasteiger partial charge is 0.505 e. The molecule has 140 valence electrons. The van der Waals surface area contributed by atoms with Gasteiger partial charge in [0.1, 0.15) is 10.6 Å². The average Bonchev–Trinajstić information content (AvgIpc) is 2.58. The first-order valence-electron chi connectivity index (χ1n) is 6.64. The number of anilines is 1. The van der Waals surface area contributed by atoms with Gasteiger partial charge in [-0.2, -0.15) is 23.8 Å². The van der Waals surface area contributed by atoms with Crippen LogP contribution in [0.1, 0.15) is 0 Å². The van der Waals surface area contributed by atoms with E-state index in [1.165, 1.54) is 13.1 Å². The van der Waals surface area contributed by atoms with Gasteiger partial charge in [-0.25, -0.2) is 5.26 Å². The van der Waals surface area contributed by atoms with Crippen molar-refractivity contribution in [2.75, 3.05) is 19.5 Å². The predicted molar refractivity (Wildman–Crippen MR) is 90.7 cm³/mol. The molecule has 26 heavy (non-hydrogen) atoms. The van der Waals surface area contributed by atoms with E-state index in [4.69, 9.17) is 11.0 Å². The van der Waals surface area contributed by atoms with Gasteiger partial charge in [-0.1, -0.05) is 5.04 Å². The molecule has 0 aliphatic heterocycles. The number of rotatable bonds is 7. The van der Waals surface area contributed by atoms with Gasteiger partial charge in [0, 0.05) is 12.4 Å². The van der Waals surface area contributed by atoms with Crippen LogP contribution in [0, 0.1) is 0 Å². The Kier molecular flexibility index (Phi) is 6.41. The topological polar surface area (TPSA) is 189 Å². The fraction of sp³-hybridized carbons (Fsp3) is 0.167. The van der Waals surface area contributed by atoms with Crippen molar-refractivity contribution in [2.24, 2.45) is 20.5 Å². The van der Waals surface area contributed by atoms with Gasteiger partial charge < -0.3 is 10.8 Å². The van der Waals surface area contributed by atoms with Crippen LogP contribution in [0.3, 0.4) is 0 Å². The Morgan fingerprint density at radius 3 is 2.62 bits per heavy atom. The molecule has 0 saturated heterocycles. The monoisotopic (exact) mass is 403 g/mol. The molecule has 0 unspecified atom stereocenters. The number of hydrogen-bond donors (Lipinski definition) is 4. The number of nitrogens with zero attached hydrogens (tertiary/aromatic N) is 4. The van der Waals surface area contributed by atoms with E-state index in [1.807, 2.05) is 0 Å². The lowest BCUT2D eigenvalue weighted by atomic mass is 10.1. The molecule has 14 heteroatoms.